The second-order valence-corrected chi connectivity index (χ2v) is 5.06. The summed E-state index contributed by atoms with van der Waals surface area (Å²) in [7, 11) is 0. The number of hydrogen-bond acceptors (Lipinski definition) is 1. The van der Waals surface area contributed by atoms with Crippen molar-refractivity contribution in [3.8, 4) is 0 Å². The topological polar surface area (TPSA) is 26.0 Å². The number of hydrogen-bond donors (Lipinski definition) is 1. The van der Waals surface area contributed by atoms with Crippen LogP contribution >= 0.6 is 0 Å². The Morgan fingerprint density at radius 3 is 1.88 bits per heavy atom. The molecule has 0 aromatic heterocycles. The predicted molar refractivity (Wildman–Crippen MR) is 55.5 cm³/mol. The highest BCUT2D eigenvalue weighted by atomic mass is 19.2. The van der Waals surface area contributed by atoms with Gasteiger partial charge >= 0.3 is 0 Å². The Labute approximate surface area is 92.5 Å². The predicted octanol–water partition coefficient (Wildman–Crippen LogP) is 2.87. The minimum Gasteiger partial charge on any atom is -0.325 e. The maximum Gasteiger partial charge on any atom is 0.194 e. The van der Waals surface area contributed by atoms with E-state index in [1.807, 2.05) is 13.8 Å². The lowest BCUT2D eigenvalue weighted by Crippen LogP contribution is -2.45. The van der Waals surface area contributed by atoms with Crippen molar-refractivity contribution in [1.82, 2.24) is 0 Å². The van der Waals surface area contributed by atoms with Crippen LogP contribution in [0.2, 0.25) is 0 Å². The molecule has 88 valence electrons. The molecule has 0 amide bonds. The summed E-state index contributed by atoms with van der Waals surface area (Å²) in [4.78, 5) is 0. The van der Waals surface area contributed by atoms with Crippen molar-refractivity contribution in [2.75, 3.05) is 0 Å². The third-order valence-electron chi connectivity index (χ3n) is 3.52. The second-order valence-electron chi connectivity index (χ2n) is 5.06. The largest absolute Gasteiger partial charge is 0.325 e. The molecule has 1 aromatic carbocycles. The molecule has 0 atom stereocenters. The fourth-order valence-corrected chi connectivity index (χ4v) is 2.26. The number of nitrogens with two attached hydrogens (primary N) is 1. The first kappa shape index (κ1) is 11.5. The molecular formula is C12H14F3N. The minimum atomic E-state index is -1.42. The summed E-state index contributed by atoms with van der Waals surface area (Å²) in [6, 6.07) is 2.11. The number of halogens is 3. The normalized spacial score (nSPS) is 18.6. The zero-order chi connectivity index (χ0) is 12.1. The highest BCUT2D eigenvalue weighted by Crippen LogP contribution is 2.54. The van der Waals surface area contributed by atoms with Gasteiger partial charge in [0.15, 0.2) is 17.5 Å². The first-order chi connectivity index (χ1) is 7.28. The van der Waals surface area contributed by atoms with Crippen LogP contribution in [0.25, 0.3) is 0 Å². The van der Waals surface area contributed by atoms with Crippen LogP contribution in [0.5, 0.6) is 0 Å². The van der Waals surface area contributed by atoms with E-state index >= 15 is 0 Å². The van der Waals surface area contributed by atoms with Crippen LogP contribution in [-0.4, -0.2) is 5.54 Å². The maximum absolute atomic E-state index is 13.1. The van der Waals surface area contributed by atoms with Gasteiger partial charge in [0.25, 0.3) is 0 Å². The van der Waals surface area contributed by atoms with Crippen molar-refractivity contribution >= 4 is 0 Å². The van der Waals surface area contributed by atoms with Gasteiger partial charge in [-0.3, -0.25) is 0 Å². The molecule has 1 saturated carbocycles. The molecule has 0 unspecified atom stereocenters. The van der Waals surface area contributed by atoms with Crippen molar-refractivity contribution in [2.45, 2.75) is 37.6 Å². The number of rotatable bonds is 2. The van der Waals surface area contributed by atoms with Crippen LogP contribution in [0.1, 0.15) is 32.3 Å². The Morgan fingerprint density at radius 1 is 1.12 bits per heavy atom. The molecule has 1 nitrogen and oxygen atoms in total. The first-order valence-corrected chi connectivity index (χ1v) is 5.22. The molecule has 1 aliphatic rings. The van der Waals surface area contributed by atoms with Gasteiger partial charge < -0.3 is 5.73 Å². The summed E-state index contributed by atoms with van der Waals surface area (Å²) in [5.41, 5.74) is 5.48. The Hall–Kier alpha value is -1.03. The van der Waals surface area contributed by atoms with Gasteiger partial charge in [-0.2, -0.15) is 0 Å². The van der Waals surface area contributed by atoms with Gasteiger partial charge in [-0.1, -0.05) is 0 Å². The van der Waals surface area contributed by atoms with E-state index in [4.69, 9.17) is 5.73 Å². The first-order valence-electron chi connectivity index (χ1n) is 5.22. The molecule has 1 fully saturated rings. The maximum atomic E-state index is 13.1. The van der Waals surface area contributed by atoms with Crippen LogP contribution in [-0.2, 0) is 5.41 Å². The molecule has 0 spiro atoms. The molecule has 2 N–H and O–H groups in total. The van der Waals surface area contributed by atoms with Crippen LogP contribution in [0.15, 0.2) is 12.1 Å². The average Bonchev–Trinajstić information content (AvgIpc) is 2.92. The van der Waals surface area contributed by atoms with E-state index in [0.717, 1.165) is 25.0 Å². The highest BCUT2D eigenvalue weighted by Gasteiger charge is 2.54. The molecular weight excluding hydrogens is 215 g/mol. The van der Waals surface area contributed by atoms with Crippen molar-refractivity contribution < 1.29 is 13.2 Å². The third kappa shape index (κ3) is 1.52. The Balaban J connectivity index is 2.51. The van der Waals surface area contributed by atoms with Crippen molar-refractivity contribution in [1.29, 1.82) is 0 Å². The van der Waals surface area contributed by atoms with Gasteiger partial charge in [-0.15, -0.1) is 0 Å². The summed E-state index contributed by atoms with van der Waals surface area (Å²) < 4.78 is 39.1. The fraction of sp³-hybridized carbons (Fsp3) is 0.500. The van der Waals surface area contributed by atoms with Gasteiger partial charge in [0.2, 0.25) is 0 Å². The average molecular weight is 229 g/mol. The lowest BCUT2D eigenvalue weighted by atomic mass is 9.79. The zero-order valence-corrected chi connectivity index (χ0v) is 9.28. The van der Waals surface area contributed by atoms with Crippen molar-refractivity contribution in [3.63, 3.8) is 0 Å². The van der Waals surface area contributed by atoms with Gasteiger partial charge in [0, 0.05) is 11.0 Å². The molecule has 16 heavy (non-hydrogen) atoms. The van der Waals surface area contributed by atoms with Crippen LogP contribution in [0.4, 0.5) is 13.2 Å². The lowest BCUT2D eigenvalue weighted by Gasteiger charge is -2.31. The molecule has 4 heteroatoms. The van der Waals surface area contributed by atoms with E-state index in [1.165, 1.54) is 0 Å². The van der Waals surface area contributed by atoms with Gasteiger partial charge in [-0.05, 0) is 44.4 Å². The summed E-state index contributed by atoms with van der Waals surface area (Å²) in [6.07, 6.45) is 1.56. The molecule has 2 rings (SSSR count). The summed E-state index contributed by atoms with van der Waals surface area (Å²) in [6.45, 7) is 3.64. The Bertz CT molecular complexity index is 407. The standard InChI is InChI=1S/C12H14F3N/c1-11(2,16)12(3-4-12)7-5-8(13)10(15)9(14)6-7/h5-6H,3-4,16H2,1-2H3. The fourth-order valence-electron chi connectivity index (χ4n) is 2.26. The quantitative estimate of drug-likeness (QED) is 0.775. The SMILES string of the molecule is CC(C)(N)C1(c2cc(F)c(F)c(F)c2)CC1. The Kier molecular flexibility index (Phi) is 2.31. The van der Waals surface area contributed by atoms with Crippen molar-refractivity contribution in [3.05, 3.63) is 35.1 Å². The van der Waals surface area contributed by atoms with E-state index in [2.05, 4.69) is 0 Å². The molecule has 0 radical (unpaired) electrons. The second kappa shape index (κ2) is 3.23. The molecule has 0 bridgehead atoms. The summed E-state index contributed by atoms with van der Waals surface area (Å²) in [5, 5.41) is 0. The minimum absolute atomic E-state index is 0.414. The monoisotopic (exact) mass is 229 g/mol. The highest BCUT2D eigenvalue weighted by molar-refractivity contribution is 5.37. The third-order valence-corrected chi connectivity index (χ3v) is 3.52. The Morgan fingerprint density at radius 2 is 1.56 bits per heavy atom. The summed E-state index contributed by atoms with van der Waals surface area (Å²) in [5.74, 6) is -3.72. The molecule has 1 aliphatic carbocycles. The number of benzene rings is 1. The van der Waals surface area contributed by atoms with E-state index in [0.29, 0.717) is 5.56 Å². The van der Waals surface area contributed by atoms with E-state index < -0.39 is 28.4 Å². The zero-order valence-electron chi connectivity index (χ0n) is 9.28. The molecule has 1 aromatic rings. The molecule has 0 aliphatic heterocycles. The van der Waals surface area contributed by atoms with Gasteiger partial charge in [0.1, 0.15) is 0 Å². The van der Waals surface area contributed by atoms with Crippen molar-refractivity contribution in [2.24, 2.45) is 5.73 Å². The molecule has 0 heterocycles. The van der Waals surface area contributed by atoms with E-state index in [9.17, 15) is 13.2 Å². The van der Waals surface area contributed by atoms with Gasteiger partial charge in [0.05, 0.1) is 0 Å². The summed E-state index contributed by atoms with van der Waals surface area (Å²) >= 11 is 0. The molecule has 0 saturated heterocycles. The van der Waals surface area contributed by atoms with Gasteiger partial charge in [-0.25, -0.2) is 13.2 Å². The van der Waals surface area contributed by atoms with Crippen LogP contribution in [0.3, 0.4) is 0 Å². The van der Waals surface area contributed by atoms with Crippen LogP contribution in [0, 0.1) is 17.5 Å². The smallest absolute Gasteiger partial charge is 0.194 e. The lowest BCUT2D eigenvalue weighted by molar-refractivity contribution is 0.382. The van der Waals surface area contributed by atoms with Crippen LogP contribution < -0.4 is 5.73 Å². The van der Waals surface area contributed by atoms with E-state index in [-0.39, 0.29) is 0 Å². The van der Waals surface area contributed by atoms with E-state index in [1.54, 1.807) is 0 Å².